The van der Waals surface area contributed by atoms with E-state index < -0.39 is 0 Å². The van der Waals surface area contributed by atoms with E-state index in [9.17, 15) is 0 Å². The summed E-state index contributed by atoms with van der Waals surface area (Å²) in [7, 11) is 0. The molecule has 22 heavy (non-hydrogen) atoms. The van der Waals surface area contributed by atoms with Crippen molar-refractivity contribution in [2.75, 3.05) is 18.5 Å². The zero-order valence-corrected chi connectivity index (χ0v) is 14.6. The first-order chi connectivity index (χ1) is 10.6. The lowest BCUT2D eigenvalue weighted by Crippen LogP contribution is -2.49. The molecule has 4 N–H and O–H groups in total. The summed E-state index contributed by atoms with van der Waals surface area (Å²) in [6, 6.07) is 5.60. The molecule has 0 aliphatic carbocycles. The van der Waals surface area contributed by atoms with E-state index in [0.717, 1.165) is 30.7 Å². The molecule has 2 rings (SSSR count). The summed E-state index contributed by atoms with van der Waals surface area (Å²) in [5.41, 5.74) is 7.46. The quantitative estimate of drug-likeness (QED) is 0.489. The van der Waals surface area contributed by atoms with Crippen LogP contribution in [0.15, 0.2) is 18.2 Å². The van der Waals surface area contributed by atoms with E-state index in [4.69, 9.17) is 40.8 Å². The topological polar surface area (TPSA) is 57.3 Å². The van der Waals surface area contributed by atoms with Crippen LogP contribution in [0.1, 0.15) is 18.4 Å². The van der Waals surface area contributed by atoms with Crippen LogP contribution in [0.5, 0.6) is 0 Å². The van der Waals surface area contributed by atoms with E-state index in [1.165, 1.54) is 0 Å². The molecule has 0 bridgehead atoms. The van der Waals surface area contributed by atoms with E-state index in [1.807, 2.05) is 25.1 Å². The lowest BCUT2D eigenvalue weighted by molar-refractivity contribution is 0.114. The van der Waals surface area contributed by atoms with E-state index in [0.29, 0.717) is 21.8 Å². The van der Waals surface area contributed by atoms with Crippen LogP contribution in [-0.2, 0) is 4.74 Å². The van der Waals surface area contributed by atoms with Crippen molar-refractivity contribution in [2.24, 2.45) is 0 Å². The maximum Gasteiger partial charge on any atom is 0.189 e. The largest absolute Gasteiger partial charge is 0.376 e. The van der Waals surface area contributed by atoms with Crippen LogP contribution < -0.4 is 21.5 Å². The first-order valence-electron chi connectivity index (χ1n) is 7.04. The van der Waals surface area contributed by atoms with Gasteiger partial charge in [0.1, 0.15) is 0 Å². The molecule has 1 aromatic rings. The van der Waals surface area contributed by atoms with Crippen molar-refractivity contribution in [1.29, 1.82) is 0 Å². The summed E-state index contributed by atoms with van der Waals surface area (Å²) in [4.78, 5) is 0. The molecule has 1 aliphatic rings. The predicted molar refractivity (Wildman–Crippen MR) is 98.3 cm³/mol. The Morgan fingerprint density at radius 2 is 2.09 bits per heavy atom. The van der Waals surface area contributed by atoms with Gasteiger partial charge in [-0.15, -0.1) is 0 Å². The first kappa shape index (κ1) is 17.2. The smallest absolute Gasteiger partial charge is 0.189 e. The highest BCUT2D eigenvalue weighted by molar-refractivity contribution is 7.80. The average molecular weight is 359 g/mol. The lowest BCUT2D eigenvalue weighted by atomic mass is 10.2. The molecule has 120 valence electrons. The molecule has 1 aromatic carbocycles. The van der Waals surface area contributed by atoms with Crippen LogP contribution >= 0.6 is 36.0 Å². The molecular formula is C14H19ClN4OS2. The van der Waals surface area contributed by atoms with Gasteiger partial charge in [-0.2, -0.15) is 0 Å². The number of halogens is 1. The molecule has 0 unspecified atom stereocenters. The number of anilines is 1. The number of rotatable bonds is 3. The summed E-state index contributed by atoms with van der Waals surface area (Å²) in [5, 5.41) is 7.73. The Bertz CT molecular complexity index is 550. The van der Waals surface area contributed by atoms with Gasteiger partial charge in [0, 0.05) is 23.9 Å². The molecule has 5 nitrogen and oxygen atoms in total. The standard InChI is InChI=1S/C14H19ClN4OS2/c1-9-11(15)5-2-6-12(9)17-14(22)19-18-13(21)16-8-10-4-3-7-20-10/h2,5-6,10H,3-4,7-8H2,1H3,(H2,16,18,21)(H2,17,19,22)/t10-/m0/s1. The van der Waals surface area contributed by atoms with Gasteiger partial charge in [0.25, 0.3) is 0 Å². The van der Waals surface area contributed by atoms with Crippen LogP contribution in [0.2, 0.25) is 5.02 Å². The maximum absolute atomic E-state index is 6.07. The van der Waals surface area contributed by atoms with Crippen LogP contribution in [-0.4, -0.2) is 29.5 Å². The van der Waals surface area contributed by atoms with E-state index >= 15 is 0 Å². The van der Waals surface area contributed by atoms with Gasteiger partial charge in [0.2, 0.25) is 0 Å². The van der Waals surface area contributed by atoms with Gasteiger partial charge in [-0.3, -0.25) is 10.9 Å². The van der Waals surface area contributed by atoms with Crippen molar-refractivity contribution in [3.05, 3.63) is 28.8 Å². The normalized spacial score (nSPS) is 16.9. The molecule has 0 radical (unpaired) electrons. The number of nitrogens with one attached hydrogen (secondary N) is 4. The number of ether oxygens (including phenoxy) is 1. The Morgan fingerprint density at radius 3 is 2.82 bits per heavy atom. The van der Waals surface area contributed by atoms with Crippen molar-refractivity contribution in [1.82, 2.24) is 16.2 Å². The Morgan fingerprint density at radius 1 is 1.32 bits per heavy atom. The van der Waals surface area contributed by atoms with Gasteiger partial charge in [-0.1, -0.05) is 17.7 Å². The highest BCUT2D eigenvalue weighted by Crippen LogP contribution is 2.22. The SMILES string of the molecule is Cc1c(Cl)cccc1NC(=S)NNC(=S)NC[C@@H]1CCCO1. The van der Waals surface area contributed by atoms with Crippen LogP contribution in [0.25, 0.3) is 0 Å². The van der Waals surface area contributed by atoms with Crippen molar-refractivity contribution in [3.63, 3.8) is 0 Å². The third-order valence-corrected chi connectivity index (χ3v) is 4.18. The Hall–Kier alpha value is -1.15. The molecule has 1 atom stereocenters. The summed E-state index contributed by atoms with van der Waals surface area (Å²) < 4.78 is 5.51. The van der Waals surface area contributed by atoms with E-state index in [1.54, 1.807) is 0 Å². The number of hydrogen-bond acceptors (Lipinski definition) is 3. The molecule has 0 saturated carbocycles. The van der Waals surface area contributed by atoms with E-state index in [2.05, 4.69) is 21.5 Å². The fraction of sp³-hybridized carbons (Fsp3) is 0.429. The molecular weight excluding hydrogens is 340 g/mol. The molecule has 0 amide bonds. The zero-order valence-electron chi connectivity index (χ0n) is 12.2. The number of hydrogen-bond donors (Lipinski definition) is 4. The summed E-state index contributed by atoms with van der Waals surface area (Å²) in [5.74, 6) is 0. The second-order valence-electron chi connectivity index (χ2n) is 4.96. The molecule has 8 heteroatoms. The fourth-order valence-corrected chi connectivity index (χ4v) is 2.54. The maximum atomic E-state index is 6.07. The van der Waals surface area contributed by atoms with Crippen molar-refractivity contribution in [2.45, 2.75) is 25.9 Å². The monoisotopic (exact) mass is 358 g/mol. The molecule has 1 fully saturated rings. The van der Waals surface area contributed by atoms with Gasteiger partial charge in [-0.05, 0) is 61.9 Å². The molecule has 0 spiro atoms. The highest BCUT2D eigenvalue weighted by atomic mass is 35.5. The third kappa shape index (κ3) is 5.24. The lowest BCUT2D eigenvalue weighted by Gasteiger charge is -2.17. The molecule has 0 aromatic heterocycles. The zero-order chi connectivity index (χ0) is 15.9. The molecule has 1 aliphatic heterocycles. The summed E-state index contributed by atoms with van der Waals surface area (Å²) in [6.45, 7) is 3.45. The fourth-order valence-electron chi connectivity index (χ4n) is 2.07. The number of benzene rings is 1. The van der Waals surface area contributed by atoms with Crippen molar-refractivity contribution < 1.29 is 4.74 Å². The number of hydrazine groups is 1. The second kappa shape index (κ2) is 8.47. The molecule has 1 saturated heterocycles. The van der Waals surface area contributed by atoms with E-state index in [-0.39, 0.29) is 6.10 Å². The summed E-state index contributed by atoms with van der Waals surface area (Å²) >= 11 is 16.4. The Balaban J connectivity index is 1.70. The van der Waals surface area contributed by atoms with Crippen LogP contribution in [0.3, 0.4) is 0 Å². The van der Waals surface area contributed by atoms with Gasteiger partial charge in [0.05, 0.1) is 6.10 Å². The first-order valence-corrected chi connectivity index (χ1v) is 8.23. The highest BCUT2D eigenvalue weighted by Gasteiger charge is 2.15. The minimum Gasteiger partial charge on any atom is -0.376 e. The summed E-state index contributed by atoms with van der Waals surface area (Å²) in [6.07, 6.45) is 2.41. The number of thiocarbonyl (C=S) groups is 2. The predicted octanol–water partition coefficient (Wildman–Crippen LogP) is 2.49. The van der Waals surface area contributed by atoms with Gasteiger partial charge < -0.3 is 15.4 Å². The van der Waals surface area contributed by atoms with Crippen molar-refractivity contribution >= 4 is 51.9 Å². The average Bonchev–Trinajstić information content (AvgIpc) is 3.01. The minimum absolute atomic E-state index is 0.235. The van der Waals surface area contributed by atoms with Crippen LogP contribution in [0.4, 0.5) is 5.69 Å². The van der Waals surface area contributed by atoms with Gasteiger partial charge in [-0.25, -0.2) is 0 Å². The Labute approximate surface area is 146 Å². The second-order valence-corrected chi connectivity index (χ2v) is 6.19. The third-order valence-electron chi connectivity index (χ3n) is 3.32. The van der Waals surface area contributed by atoms with Crippen molar-refractivity contribution in [3.8, 4) is 0 Å². The van der Waals surface area contributed by atoms with Gasteiger partial charge >= 0.3 is 0 Å². The van der Waals surface area contributed by atoms with Gasteiger partial charge in [0.15, 0.2) is 10.2 Å². The Kier molecular flexibility index (Phi) is 6.63. The van der Waals surface area contributed by atoms with Crippen LogP contribution in [0, 0.1) is 6.92 Å². The minimum atomic E-state index is 0.235. The molecule has 1 heterocycles.